The lowest BCUT2D eigenvalue weighted by Crippen LogP contribution is -2.74. The van der Waals surface area contributed by atoms with Crippen molar-refractivity contribution in [3.63, 3.8) is 0 Å². The molecule has 19 heteroatoms. The summed E-state index contributed by atoms with van der Waals surface area (Å²) in [5.41, 5.74) is -0.547. The Morgan fingerprint density at radius 1 is 0.583 bits per heavy atom. The molecular weight excluding hydrogens is 579 g/mol. The second kappa shape index (κ2) is 9.23. The largest absolute Gasteiger partial charge is 0.460 e. The summed E-state index contributed by atoms with van der Waals surface area (Å²) in [4.78, 5) is 0. The normalized spacial score (nSPS) is 16.3. The Hall–Kier alpha value is -1.72. The predicted octanol–water partition coefficient (Wildman–Crippen LogP) is 8.43. The number of hydrogen-bond acceptors (Lipinski definition) is 1. The van der Waals surface area contributed by atoms with E-state index in [-0.39, 0.29) is 5.02 Å². The maximum atomic E-state index is 14.1. The van der Waals surface area contributed by atoms with Crippen LogP contribution < -0.4 is 0 Å². The Kier molecular flexibility index (Phi) is 8.29. The number of rotatable bonds is 10. The van der Waals surface area contributed by atoms with Gasteiger partial charge in [0.1, 0.15) is 0 Å². The van der Waals surface area contributed by atoms with Crippen molar-refractivity contribution >= 4 is 11.6 Å². The van der Waals surface area contributed by atoms with Crippen molar-refractivity contribution in [2.45, 2.75) is 60.2 Å². The predicted molar refractivity (Wildman–Crippen MR) is 86.5 cm³/mol. The van der Waals surface area contributed by atoms with E-state index < -0.39 is 65.7 Å². The fourth-order valence-corrected chi connectivity index (χ4v) is 2.70. The summed E-state index contributed by atoms with van der Waals surface area (Å²) in [5.74, 6) is -56.6. The van der Waals surface area contributed by atoms with E-state index in [2.05, 4.69) is 4.74 Å². The molecule has 1 aromatic carbocycles. The fraction of sp³-hybridized carbons (Fsp3) is 0.647. The number of ether oxygens (including phenoxy) is 1. The Labute approximate surface area is 194 Å². The highest BCUT2D eigenvalue weighted by Gasteiger charge is 2.95. The maximum absolute atomic E-state index is 14.1. The molecule has 0 aromatic heterocycles. The second-order valence-corrected chi connectivity index (χ2v) is 7.57. The summed E-state index contributed by atoms with van der Waals surface area (Å²) < 4.78 is 231. The Morgan fingerprint density at radius 2 is 0.917 bits per heavy atom. The van der Waals surface area contributed by atoms with Crippen LogP contribution in [0.15, 0.2) is 24.3 Å². The topological polar surface area (TPSA) is 9.23 Å². The van der Waals surface area contributed by atoms with Gasteiger partial charge in [-0.1, -0.05) is 23.7 Å². The molecule has 210 valence electrons. The number of hydrogen-bond donors (Lipinski definition) is 0. The van der Waals surface area contributed by atoms with Gasteiger partial charge in [0.25, 0.3) is 0 Å². The van der Waals surface area contributed by atoms with Crippen LogP contribution >= 0.6 is 11.6 Å². The highest BCUT2D eigenvalue weighted by Crippen LogP contribution is 2.64. The van der Waals surface area contributed by atoms with Gasteiger partial charge in [0.15, 0.2) is 0 Å². The molecule has 0 N–H and O–H groups in total. The smallest absolute Gasteiger partial charge is 0.377 e. The van der Waals surface area contributed by atoms with Gasteiger partial charge in [-0.05, 0) is 17.7 Å². The first-order valence-corrected chi connectivity index (χ1v) is 9.05. The molecule has 1 atom stereocenters. The summed E-state index contributed by atoms with van der Waals surface area (Å²) in [6.07, 6.45) is -12.9. The van der Waals surface area contributed by atoms with Crippen LogP contribution in [0.3, 0.4) is 0 Å². The molecule has 0 aliphatic carbocycles. The van der Waals surface area contributed by atoms with E-state index in [0.717, 1.165) is 24.3 Å². The molecule has 36 heavy (non-hydrogen) atoms. The quantitative estimate of drug-likeness (QED) is 0.249. The molecule has 0 aliphatic heterocycles. The zero-order chi connectivity index (χ0) is 29.0. The molecule has 0 saturated carbocycles. The molecule has 0 aliphatic rings. The minimum atomic E-state index is -8.65. The van der Waals surface area contributed by atoms with Crippen LogP contribution in [-0.4, -0.2) is 54.7 Å². The number of methoxy groups -OCH3 is 1. The minimum absolute atomic E-state index is 0.0873. The summed E-state index contributed by atoms with van der Waals surface area (Å²) in [5, 5.41) is -0.0873. The van der Waals surface area contributed by atoms with Crippen LogP contribution in [0.25, 0.3) is 0 Å². The first-order chi connectivity index (χ1) is 15.7. The van der Waals surface area contributed by atoms with E-state index in [1.807, 2.05) is 0 Å². The number of alkyl halides is 17. The SMILES string of the molecule is COC(CC(F)(F)C(F)(F)C(F)(F)C(F)(F)C(F)(F)C(F)(F)C(F)(F)C(F)(F)F)c1ccc(Cl)cc1. The third-order valence-corrected chi connectivity index (χ3v) is 5.01. The zero-order valence-electron chi connectivity index (χ0n) is 16.8. The van der Waals surface area contributed by atoms with E-state index in [4.69, 9.17) is 11.6 Å². The van der Waals surface area contributed by atoms with Gasteiger partial charge in [-0.3, -0.25) is 0 Å². The van der Waals surface area contributed by atoms with Gasteiger partial charge < -0.3 is 4.74 Å². The van der Waals surface area contributed by atoms with Crippen molar-refractivity contribution in [1.29, 1.82) is 0 Å². The summed E-state index contributed by atoms with van der Waals surface area (Å²) >= 11 is 5.47. The lowest BCUT2D eigenvalue weighted by atomic mass is 9.87. The zero-order valence-corrected chi connectivity index (χ0v) is 17.6. The molecule has 0 amide bonds. The van der Waals surface area contributed by atoms with Crippen molar-refractivity contribution in [3.05, 3.63) is 34.9 Å². The Morgan fingerprint density at radius 3 is 1.25 bits per heavy atom. The molecule has 0 fully saturated rings. The van der Waals surface area contributed by atoms with E-state index in [9.17, 15) is 74.6 Å². The van der Waals surface area contributed by atoms with Crippen molar-refractivity contribution in [2.24, 2.45) is 0 Å². The first-order valence-electron chi connectivity index (χ1n) is 8.67. The van der Waals surface area contributed by atoms with Crippen LogP contribution in [-0.2, 0) is 4.74 Å². The highest BCUT2D eigenvalue weighted by molar-refractivity contribution is 6.30. The molecule has 1 unspecified atom stereocenters. The van der Waals surface area contributed by atoms with Gasteiger partial charge in [-0.25, -0.2) is 0 Å². The van der Waals surface area contributed by atoms with Gasteiger partial charge in [0, 0.05) is 18.6 Å². The van der Waals surface area contributed by atoms with Crippen LogP contribution in [0.2, 0.25) is 5.02 Å². The lowest BCUT2D eigenvalue weighted by molar-refractivity contribution is -0.462. The van der Waals surface area contributed by atoms with Crippen LogP contribution in [0.1, 0.15) is 18.1 Å². The monoisotopic (exact) mass is 588 g/mol. The molecule has 1 aromatic rings. The standard InChI is InChI=1S/C17H10ClF17O/c1-36-9(7-2-4-8(18)5-3-7)6-10(19,20)11(21,22)12(23,24)13(25,26)14(27,28)15(29,30)16(31,32)17(33,34)35/h2-5,9H,6H2,1H3. The van der Waals surface area contributed by atoms with Crippen molar-refractivity contribution < 1.29 is 79.4 Å². The van der Waals surface area contributed by atoms with Crippen LogP contribution in [0.5, 0.6) is 0 Å². The van der Waals surface area contributed by atoms with Crippen LogP contribution in [0.4, 0.5) is 74.6 Å². The van der Waals surface area contributed by atoms with E-state index in [1.54, 1.807) is 0 Å². The molecule has 0 bridgehead atoms. The Bertz CT molecular complexity index is 907. The fourth-order valence-electron chi connectivity index (χ4n) is 2.57. The van der Waals surface area contributed by atoms with Crippen molar-refractivity contribution in [2.75, 3.05) is 7.11 Å². The summed E-state index contributed by atoms with van der Waals surface area (Å²) in [6, 6.07) is 3.41. The molecule has 1 rings (SSSR count). The van der Waals surface area contributed by atoms with E-state index in [0.29, 0.717) is 7.11 Å². The third kappa shape index (κ3) is 4.67. The minimum Gasteiger partial charge on any atom is -0.377 e. The van der Waals surface area contributed by atoms with Gasteiger partial charge in [0.2, 0.25) is 0 Å². The summed E-state index contributed by atoms with van der Waals surface area (Å²) in [7, 11) is 0.508. The maximum Gasteiger partial charge on any atom is 0.460 e. The molecular formula is C17H10ClF17O. The molecule has 1 nitrogen and oxygen atoms in total. The van der Waals surface area contributed by atoms with Crippen LogP contribution in [0, 0.1) is 0 Å². The van der Waals surface area contributed by atoms with Crippen molar-refractivity contribution in [3.8, 4) is 0 Å². The van der Waals surface area contributed by atoms with Gasteiger partial charge in [0.05, 0.1) is 6.10 Å². The van der Waals surface area contributed by atoms with Crippen molar-refractivity contribution in [1.82, 2.24) is 0 Å². The lowest BCUT2D eigenvalue weighted by Gasteiger charge is -2.43. The second-order valence-electron chi connectivity index (χ2n) is 7.13. The molecule has 0 saturated heterocycles. The van der Waals surface area contributed by atoms with E-state index in [1.165, 1.54) is 0 Å². The number of halogens is 18. The third-order valence-electron chi connectivity index (χ3n) is 4.76. The van der Waals surface area contributed by atoms with Gasteiger partial charge >= 0.3 is 47.6 Å². The van der Waals surface area contributed by atoms with Gasteiger partial charge in [-0.15, -0.1) is 0 Å². The molecule has 0 radical (unpaired) electrons. The molecule has 0 heterocycles. The highest BCUT2D eigenvalue weighted by atomic mass is 35.5. The average molecular weight is 589 g/mol. The summed E-state index contributed by atoms with van der Waals surface area (Å²) in [6.45, 7) is 0. The van der Waals surface area contributed by atoms with E-state index >= 15 is 0 Å². The molecule has 0 spiro atoms. The number of benzene rings is 1. The Balaban J connectivity index is 3.57. The first kappa shape index (κ1) is 32.3. The van der Waals surface area contributed by atoms with Gasteiger partial charge in [-0.2, -0.15) is 74.6 Å². The average Bonchev–Trinajstić information content (AvgIpc) is 2.71.